The molecule has 0 bridgehead atoms. The number of fused-ring (bicyclic) bond motifs is 5. The van der Waals surface area contributed by atoms with Gasteiger partial charge in [-0.15, -0.1) is 10.2 Å². The number of aromatic nitrogens is 5. The third-order valence-electron chi connectivity index (χ3n) is 3.74. The number of rotatable bonds is 1. The van der Waals surface area contributed by atoms with Crippen molar-refractivity contribution in [1.82, 2.24) is 24.7 Å². The SMILES string of the molecule is CCN1c2ccccc2-n2c(C)nnc2-c2cncnc21. The molecule has 0 spiro atoms. The van der Waals surface area contributed by atoms with Crippen LogP contribution in [0.25, 0.3) is 17.1 Å². The maximum Gasteiger partial charge on any atom is 0.173 e. The minimum absolute atomic E-state index is 0.784. The molecule has 3 heterocycles. The smallest absolute Gasteiger partial charge is 0.173 e. The van der Waals surface area contributed by atoms with Gasteiger partial charge in [-0.2, -0.15) is 0 Å². The van der Waals surface area contributed by atoms with E-state index in [9.17, 15) is 0 Å². The lowest BCUT2D eigenvalue weighted by atomic mass is 10.2. The normalized spacial score (nSPS) is 12.4. The summed E-state index contributed by atoms with van der Waals surface area (Å²) in [6.45, 7) is 4.89. The van der Waals surface area contributed by atoms with Crippen LogP contribution in [0.4, 0.5) is 11.5 Å². The molecule has 6 nitrogen and oxygen atoms in total. The molecule has 1 aromatic carbocycles. The topological polar surface area (TPSA) is 59.7 Å². The molecule has 3 aromatic rings. The Morgan fingerprint density at radius 1 is 1.10 bits per heavy atom. The Kier molecular flexibility index (Phi) is 2.50. The lowest BCUT2D eigenvalue weighted by Crippen LogP contribution is -2.18. The van der Waals surface area contributed by atoms with Crippen molar-refractivity contribution >= 4 is 11.5 Å². The first-order valence-corrected chi connectivity index (χ1v) is 6.90. The first-order valence-electron chi connectivity index (χ1n) is 6.90. The van der Waals surface area contributed by atoms with Crippen LogP contribution in [0, 0.1) is 6.92 Å². The van der Waals surface area contributed by atoms with Gasteiger partial charge in [-0.25, -0.2) is 9.97 Å². The Balaban J connectivity index is 2.16. The summed E-state index contributed by atoms with van der Waals surface area (Å²) in [5.74, 6) is 2.50. The average molecular weight is 278 g/mol. The summed E-state index contributed by atoms with van der Waals surface area (Å²) in [5, 5.41) is 8.56. The fourth-order valence-electron chi connectivity index (χ4n) is 2.84. The highest BCUT2D eigenvalue weighted by atomic mass is 15.3. The van der Waals surface area contributed by atoms with Crippen molar-refractivity contribution in [3.63, 3.8) is 0 Å². The number of para-hydroxylation sites is 2. The summed E-state index contributed by atoms with van der Waals surface area (Å²) in [6, 6.07) is 8.24. The molecule has 0 saturated heterocycles. The van der Waals surface area contributed by atoms with Crippen molar-refractivity contribution in [2.24, 2.45) is 0 Å². The van der Waals surface area contributed by atoms with E-state index < -0.39 is 0 Å². The van der Waals surface area contributed by atoms with E-state index in [2.05, 4.69) is 48.7 Å². The third kappa shape index (κ3) is 1.59. The highest BCUT2D eigenvalue weighted by Gasteiger charge is 2.27. The predicted octanol–water partition coefficient (Wildman–Crippen LogP) is 2.50. The van der Waals surface area contributed by atoms with Crippen LogP contribution < -0.4 is 4.90 Å². The molecular weight excluding hydrogens is 264 g/mol. The van der Waals surface area contributed by atoms with E-state index in [0.29, 0.717) is 0 Å². The molecule has 0 N–H and O–H groups in total. The molecule has 0 amide bonds. The number of hydrogen-bond acceptors (Lipinski definition) is 5. The molecular formula is C15H14N6. The van der Waals surface area contributed by atoms with E-state index in [-0.39, 0.29) is 0 Å². The van der Waals surface area contributed by atoms with Gasteiger partial charge in [0, 0.05) is 12.7 Å². The van der Waals surface area contributed by atoms with E-state index in [4.69, 9.17) is 0 Å². The van der Waals surface area contributed by atoms with Gasteiger partial charge in [0.15, 0.2) is 5.82 Å². The van der Waals surface area contributed by atoms with Crippen molar-refractivity contribution in [1.29, 1.82) is 0 Å². The molecule has 0 unspecified atom stereocenters. The zero-order valence-electron chi connectivity index (χ0n) is 11.9. The van der Waals surface area contributed by atoms with Gasteiger partial charge in [0.25, 0.3) is 0 Å². The number of anilines is 2. The van der Waals surface area contributed by atoms with Gasteiger partial charge in [-0.3, -0.25) is 4.57 Å². The number of hydrogen-bond donors (Lipinski definition) is 0. The van der Waals surface area contributed by atoms with Gasteiger partial charge in [0.05, 0.1) is 16.9 Å². The van der Waals surface area contributed by atoms with Gasteiger partial charge in [0.2, 0.25) is 0 Å². The predicted molar refractivity (Wildman–Crippen MR) is 79.8 cm³/mol. The van der Waals surface area contributed by atoms with E-state index in [1.807, 2.05) is 19.1 Å². The molecule has 0 fully saturated rings. The average Bonchev–Trinajstić information content (AvgIpc) is 2.85. The van der Waals surface area contributed by atoms with Crippen LogP contribution in [-0.2, 0) is 0 Å². The van der Waals surface area contributed by atoms with E-state index in [1.54, 1.807) is 12.5 Å². The number of aryl methyl sites for hydroxylation is 1. The summed E-state index contributed by atoms with van der Waals surface area (Å²) >= 11 is 0. The van der Waals surface area contributed by atoms with Gasteiger partial charge in [-0.05, 0) is 26.0 Å². The van der Waals surface area contributed by atoms with E-state index in [1.165, 1.54) is 0 Å². The number of nitrogens with zero attached hydrogens (tertiary/aromatic N) is 6. The van der Waals surface area contributed by atoms with Crippen molar-refractivity contribution in [3.8, 4) is 17.1 Å². The van der Waals surface area contributed by atoms with Gasteiger partial charge >= 0.3 is 0 Å². The standard InChI is InChI=1S/C15H14N6/c1-3-20-12-6-4-5-7-13(12)21-10(2)18-19-15(21)11-8-16-9-17-14(11)20/h4-9H,3H2,1-2H3. The molecule has 0 saturated carbocycles. The summed E-state index contributed by atoms with van der Waals surface area (Å²) in [7, 11) is 0. The Morgan fingerprint density at radius 2 is 1.90 bits per heavy atom. The van der Waals surface area contributed by atoms with E-state index >= 15 is 0 Å². The lowest BCUT2D eigenvalue weighted by Gasteiger charge is -2.23. The molecule has 0 atom stereocenters. The minimum Gasteiger partial charge on any atom is -0.324 e. The molecule has 6 heteroatoms. The highest BCUT2D eigenvalue weighted by molar-refractivity contribution is 5.83. The molecule has 104 valence electrons. The quantitative estimate of drug-likeness (QED) is 0.684. The second kappa shape index (κ2) is 4.37. The molecule has 2 aromatic heterocycles. The largest absolute Gasteiger partial charge is 0.324 e. The summed E-state index contributed by atoms with van der Waals surface area (Å²) in [5.41, 5.74) is 3.06. The van der Waals surface area contributed by atoms with Crippen LogP contribution in [0.1, 0.15) is 12.7 Å². The lowest BCUT2D eigenvalue weighted by molar-refractivity contribution is 0.950. The molecule has 21 heavy (non-hydrogen) atoms. The van der Waals surface area contributed by atoms with Crippen LogP contribution in [0.5, 0.6) is 0 Å². The van der Waals surface area contributed by atoms with Gasteiger partial charge in [-0.1, -0.05) is 12.1 Å². The zero-order valence-corrected chi connectivity index (χ0v) is 11.9. The minimum atomic E-state index is 0.784. The first kappa shape index (κ1) is 12.0. The van der Waals surface area contributed by atoms with Crippen LogP contribution in [0.15, 0.2) is 36.8 Å². The Labute approximate surface area is 122 Å². The molecule has 1 aliphatic rings. The van der Waals surface area contributed by atoms with Crippen molar-refractivity contribution < 1.29 is 0 Å². The summed E-state index contributed by atoms with van der Waals surface area (Å²) in [4.78, 5) is 10.8. The number of benzene rings is 1. The van der Waals surface area contributed by atoms with Crippen LogP contribution in [0.2, 0.25) is 0 Å². The monoisotopic (exact) mass is 278 g/mol. The van der Waals surface area contributed by atoms with Crippen molar-refractivity contribution in [2.45, 2.75) is 13.8 Å². The zero-order chi connectivity index (χ0) is 14.4. The molecule has 0 aliphatic carbocycles. The Bertz CT molecular complexity index is 823. The van der Waals surface area contributed by atoms with Gasteiger partial charge < -0.3 is 4.90 Å². The van der Waals surface area contributed by atoms with Crippen molar-refractivity contribution in [3.05, 3.63) is 42.6 Å². The Hall–Kier alpha value is -2.76. The van der Waals surface area contributed by atoms with Crippen LogP contribution in [0.3, 0.4) is 0 Å². The second-order valence-corrected chi connectivity index (χ2v) is 4.90. The molecule has 1 aliphatic heterocycles. The van der Waals surface area contributed by atoms with Crippen LogP contribution in [-0.4, -0.2) is 31.3 Å². The second-order valence-electron chi connectivity index (χ2n) is 4.90. The maximum atomic E-state index is 4.47. The Morgan fingerprint density at radius 3 is 2.71 bits per heavy atom. The first-order chi connectivity index (χ1) is 10.3. The fraction of sp³-hybridized carbons (Fsp3) is 0.200. The molecule has 4 rings (SSSR count). The molecule has 0 radical (unpaired) electrons. The fourth-order valence-corrected chi connectivity index (χ4v) is 2.84. The summed E-state index contributed by atoms with van der Waals surface area (Å²) < 4.78 is 2.06. The third-order valence-corrected chi connectivity index (χ3v) is 3.74. The van der Waals surface area contributed by atoms with Crippen molar-refractivity contribution in [2.75, 3.05) is 11.4 Å². The summed E-state index contributed by atoms with van der Waals surface area (Å²) in [6.07, 6.45) is 3.37. The van der Waals surface area contributed by atoms with Gasteiger partial charge in [0.1, 0.15) is 18.0 Å². The van der Waals surface area contributed by atoms with E-state index in [0.717, 1.165) is 40.9 Å². The maximum absolute atomic E-state index is 4.47. The highest BCUT2D eigenvalue weighted by Crippen LogP contribution is 2.40. The van der Waals surface area contributed by atoms with Crippen LogP contribution >= 0.6 is 0 Å².